The molecule has 0 radical (unpaired) electrons. The molecule has 7 heteroatoms. The van der Waals surface area contributed by atoms with Crippen molar-refractivity contribution in [3.05, 3.63) is 46.6 Å². The maximum atomic E-state index is 11.8. The third kappa shape index (κ3) is 3.76. The van der Waals surface area contributed by atoms with E-state index >= 15 is 0 Å². The van der Waals surface area contributed by atoms with Crippen molar-refractivity contribution in [2.24, 2.45) is 0 Å². The number of benzene rings is 1. The van der Waals surface area contributed by atoms with Gasteiger partial charge in [0.1, 0.15) is 11.6 Å². The van der Waals surface area contributed by atoms with Gasteiger partial charge in [0.05, 0.1) is 17.8 Å². The fourth-order valence-electron chi connectivity index (χ4n) is 1.49. The van der Waals surface area contributed by atoms with Gasteiger partial charge in [-0.25, -0.2) is 9.78 Å². The van der Waals surface area contributed by atoms with Crippen LogP contribution >= 0.6 is 23.2 Å². The summed E-state index contributed by atoms with van der Waals surface area (Å²) in [7, 11) is 1.50. The van der Waals surface area contributed by atoms with Gasteiger partial charge in [0.25, 0.3) is 0 Å². The summed E-state index contributed by atoms with van der Waals surface area (Å²) >= 11 is 11.6. The van der Waals surface area contributed by atoms with Crippen molar-refractivity contribution in [2.45, 2.75) is 0 Å². The van der Waals surface area contributed by atoms with Crippen LogP contribution in [0.3, 0.4) is 0 Å². The Labute approximate surface area is 125 Å². The maximum absolute atomic E-state index is 11.8. The van der Waals surface area contributed by atoms with Crippen LogP contribution in [0.25, 0.3) is 0 Å². The Morgan fingerprint density at radius 2 is 1.90 bits per heavy atom. The van der Waals surface area contributed by atoms with E-state index in [1.54, 1.807) is 30.3 Å². The van der Waals surface area contributed by atoms with E-state index in [1.165, 1.54) is 13.3 Å². The summed E-state index contributed by atoms with van der Waals surface area (Å²) < 4.78 is 5.13. The number of aromatic nitrogens is 1. The van der Waals surface area contributed by atoms with E-state index in [0.717, 1.165) is 0 Å². The molecule has 0 bridgehead atoms. The summed E-state index contributed by atoms with van der Waals surface area (Å²) in [5.74, 6) is 0.858. The number of halogens is 2. The second kappa shape index (κ2) is 6.45. The number of nitrogens with one attached hydrogen (secondary N) is 2. The van der Waals surface area contributed by atoms with Crippen molar-refractivity contribution in [3.8, 4) is 5.75 Å². The highest BCUT2D eigenvalue weighted by molar-refractivity contribution is 6.31. The number of pyridine rings is 1. The maximum Gasteiger partial charge on any atom is 0.324 e. The Bertz CT molecular complexity index is 618. The van der Waals surface area contributed by atoms with Gasteiger partial charge < -0.3 is 10.1 Å². The highest BCUT2D eigenvalue weighted by atomic mass is 35.5. The number of hydrogen-bond acceptors (Lipinski definition) is 3. The number of amides is 2. The molecule has 2 amide bonds. The molecule has 1 heterocycles. The molecular weight excluding hydrogens is 301 g/mol. The van der Waals surface area contributed by atoms with Crippen LogP contribution in [0.15, 0.2) is 36.5 Å². The van der Waals surface area contributed by atoms with Crippen LogP contribution in [0.5, 0.6) is 5.75 Å². The molecule has 2 N–H and O–H groups in total. The zero-order valence-corrected chi connectivity index (χ0v) is 12.0. The molecule has 2 aromatic rings. The van der Waals surface area contributed by atoms with Crippen LogP contribution in [-0.4, -0.2) is 18.1 Å². The average molecular weight is 312 g/mol. The van der Waals surface area contributed by atoms with Crippen molar-refractivity contribution in [2.75, 3.05) is 17.7 Å². The third-order valence-electron chi connectivity index (χ3n) is 2.38. The van der Waals surface area contributed by atoms with Crippen LogP contribution in [0.2, 0.25) is 10.0 Å². The monoisotopic (exact) mass is 311 g/mol. The second-order valence-corrected chi connectivity index (χ2v) is 4.66. The highest BCUT2D eigenvalue weighted by Gasteiger charge is 2.08. The van der Waals surface area contributed by atoms with Crippen molar-refractivity contribution >= 4 is 40.7 Å². The summed E-state index contributed by atoms with van der Waals surface area (Å²) in [6.45, 7) is 0. The van der Waals surface area contributed by atoms with E-state index < -0.39 is 6.03 Å². The van der Waals surface area contributed by atoms with Gasteiger partial charge in [0.15, 0.2) is 0 Å². The molecule has 0 fully saturated rings. The fraction of sp³-hybridized carbons (Fsp3) is 0.0769. The molecule has 0 spiro atoms. The molecule has 104 valence electrons. The van der Waals surface area contributed by atoms with Crippen LogP contribution in [0, 0.1) is 0 Å². The minimum absolute atomic E-state index is 0.389. The first-order valence-electron chi connectivity index (χ1n) is 5.61. The first kappa shape index (κ1) is 14.4. The number of nitrogens with zero attached hydrogens (tertiary/aromatic N) is 1. The molecule has 0 saturated heterocycles. The molecule has 0 aliphatic carbocycles. The normalized spacial score (nSPS) is 9.95. The first-order valence-corrected chi connectivity index (χ1v) is 6.37. The predicted molar refractivity (Wildman–Crippen MR) is 79.9 cm³/mol. The summed E-state index contributed by atoms with van der Waals surface area (Å²) in [5, 5.41) is 6.24. The van der Waals surface area contributed by atoms with Gasteiger partial charge in [-0.05, 0) is 24.3 Å². The van der Waals surface area contributed by atoms with E-state index in [1.807, 2.05) is 0 Å². The fourth-order valence-corrected chi connectivity index (χ4v) is 1.76. The van der Waals surface area contributed by atoms with Gasteiger partial charge in [-0.3, -0.25) is 5.32 Å². The smallest absolute Gasteiger partial charge is 0.324 e. The summed E-state index contributed by atoms with van der Waals surface area (Å²) in [6.07, 6.45) is 1.44. The number of carbonyl (C=O) groups excluding carboxylic acids is 1. The molecule has 1 aromatic carbocycles. The number of hydrogen-bond donors (Lipinski definition) is 2. The van der Waals surface area contributed by atoms with Gasteiger partial charge >= 0.3 is 6.03 Å². The van der Waals surface area contributed by atoms with Crippen LogP contribution in [0.1, 0.15) is 0 Å². The molecule has 0 unspecified atom stereocenters. The molecule has 0 atom stereocenters. The second-order valence-electron chi connectivity index (χ2n) is 3.79. The molecule has 0 saturated carbocycles. The topological polar surface area (TPSA) is 63.2 Å². The van der Waals surface area contributed by atoms with Crippen LogP contribution in [0.4, 0.5) is 16.3 Å². The lowest BCUT2D eigenvalue weighted by Crippen LogP contribution is -2.20. The Hall–Kier alpha value is -1.98. The predicted octanol–water partition coefficient (Wildman–Crippen LogP) is 4.04. The molecule has 2 rings (SSSR count). The first-order chi connectivity index (χ1) is 9.58. The van der Waals surface area contributed by atoms with Crippen molar-refractivity contribution < 1.29 is 9.53 Å². The van der Waals surface area contributed by atoms with E-state index in [2.05, 4.69) is 15.6 Å². The Balaban J connectivity index is 2.06. The zero-order chi connectivity index (χ0) is 14.5. The molecular formula is C13H11Cl2N3O2. The summed E-state index contributed by atoms with van der Waals surface area (Å²) in [6, 6.07) is 7.70. The number of carbonyl (C=O) groups is 1. The van der Waals surface area contributed by atoms with Gasteiger partial charge in [-0.1, -0.05) is 23.2 Å². The Morgan fingerprint density at radius 3 is 2.55 bits per heavy atom. The van der Waals surface area contributed by atoms with Gasteiger partial charge in [0, 0.05) is 17.3 Å². The lowest BCUT2D eigenvalue weighted by atomic mass is 10.3. The lowest BCUT2D eigenvalue weighted by molar-refractivity contribution is 0.262. The minimum Gasteiger partial charge on any atom is -0.495 e. The largest absolute Gasteiger partial charge is 0.495 e. The molecule has 5 nitrogen and oxygen atoms in total. The minimum atomic E-state index is -0.444. The van der Waals surface area contributed by atoms with Crippen molar-refractivity contribution in [1.82, 2.24) is 4.98 Å². The van der Waals surface area contributed by atoms with E-state index in [0.29, 0.717) is 27.3 Å². The van der Waals surface area contributed by atoms with Crippen LogP contribution < -0.4 is 15.4 Å². The molecule has 1 aromatic heterocycles. The van der Waals surface area contributed by atoms with Gasteiger partial charge in [0.2, 0.25) is 0 Å². The van der Waals surface area contributed by atoms with Gasteiger partial charge in [-0.15, -0.1) is 0 Å². The SMILES string of the molecule is COc1cc(Cl)ccc1NC(=O)Nc1ccc(Cl)cn1. The van der Waals surface area contributed by atoms with E-state index in [4.69, 9.17) is 27.9 Å². The summed E-state index contributed by atoms with van der Waals surface area (Å²) in [5.41, 5.74) is 0.503. The number of ether oxygens (including phenoxy) is 1. The Morgan fingerprint density at radius 1 is 1.15 bits per heavy atom. The van der Waals surface area contributed by atoms with Crippen LogP contribution in [-0.2, 0) is 0 Å². The molecule has 0 aliphatic rings. The van der Waals surface area contributed by atoms with Gasteiger partial charge in [-0.2, -0.15) is 0 Å². The molecule has 0 aliphatic heterocycles. The van der Waals surface area contributed by atoms with E-state index in [9.17, 15) is 4.79 Å². The number of rotatable bonds is 3. The number of anilines is 2. The van der Waals surface area contributed by atoms with E-state index in [-0.39, 0.29) is 0 Å². The number of urea groups is 1. The number of methoxy groups -OCH3 is 1. The highest BCUT2D eigenvalue weighted by Crippen LogP contribution is 2.27. The van der Waals surface area contributed by atoms with Crippen molar-refractivity contribution in [3.63, 3.8) is 0 Å². The van der Waals surface area contributed by atoms with Crippen molar-refractivity contribution in [1.29, 1.82) is 0 Å². The zero-order valence-electron chi connectivity index (χ0n) is 10.5. The Kier molecular flexibility index (Phi) is 4.65. The quantitative estimate of drug-likeness (QED) is 0.899. The summed E-state index contributed by atoms with van der Waals surface area (Å²) in [4.78, 5) is 15.8. The standard InChI is InChI=1S/C13H11Cl2N3O2/c1-20-11-6-8(14)2-4-10(11)17-13(19)18-12-5-3-9(15)7-16-12/h2-7H,1H3,(H2,16,17,18,19). The lowest BCUT2D eigenvalue weighted by Gasteiger charge is -2.11. The average Bonchev–Trinajstić information content (AvgIpc) is 2.43. The third-order valence-corrected chi connectivity index (χ3v) is 2.84. The molecule has 20 heavy (non-hydrogen) atoms.